The van der Waals surface area contributed by atoms with Crippen molar-refractivity contribution in [2.45, 2.75) is 13.0 Å². The molecule has 0 saturated carbocycles. The molecule has 0 saturated heterocycles. The number of hydrogen-bond acceptors (Lipinski definition) is 4. The molecule has 5 heteroatoms. The van der Waals surface area contributed by atoms with E-state index in [2.05, 4.69) is 0 Å². The van der Waals surface area contributed by atoms with Gasteiger partial charge in [-0.15, -0.1) is 11.3 Å². The van der Waals surface area contributed by atoms with E-state index in [1.54, 1.807) is 12.3 Å². The molecule has 0 spiro atoms. The fourth-order valence-electron chi connectivity index (χ4n) is 0.723. The molecule has 0 aliphatic heterocycles. The van der Waals surface area contributed by atoms with Crippen LogP contribution in [-0.2, 0) is 0 Å². The number of carboxylic acid groups (broad SMARTS) is 1. The number of aliphatic hydroxyl groups is 1. The normalized spacial score (nSPS) is 12.5. The summed E-state index contributed by atoms with van der Waals surface area (Å²) < 4.78 is 5.10. The van der Waals surface area contributed by atoms with E-state index >= 15 is 0 Å². The first kappa shape index (κ1) is 10.0. The fraction of sp³-hybridized carbons (Fsp3) is 0.375. The second-order valence-electron chi connectivity index (χ2n) is 2.61. The molecule has 1 atom stereocenters. The molecule has 1 aromatic heterocycles. The van der Waals surface area contributed by atoms with E-state index in [1.165, 1.54) is 6.07 Å². The van der Waals surface area contributed by atoms with Crippen LogP contribution in [0.3, 0.4) is 0 Å². The smallest absolute Gasteiger partial charge is 0.346 e. The Bertz CT molecular complexity index is 292. The van der Waals surface area contributed by atoms with Gasteiger partial charge in [-0.25, -0.2) is 4.79 Å². The summed E-state index contributed by atoms with van der Waals surface area (Å²) in [5.74, 6) is -0.472. The average molecular weight is 202 g/mol. The van der Waals surface area contributed by atoms with Gasteiger partial charge in [-0.2, -0.15) is 0 Å². The molecule has 0 aliphatic carbocycles. The van der Waals surface area contributed by atoms with Crippen molar-refractivity contribution in [3.8, 4) is 5.75 Å². The number of aromatic carboxylic acids is 1. The van der Waals surface area contributed by atoms with Gasteiger partial charge in [0.1, 0.15) is 17.2 Å². The van der Waals surface area contributed by atoms with Crippen LogP contribution in [0, 0.1) is 0 Å². The number of hydrogen-bond donors (Lipinski definition) is 2. The molecule has 2 N–H and O–H groups in total. The quantitative estimate of drug-likeness (QED) is 0.770. The van der Waals surface area contributed by atoms with Crippen molar-refractivity contribution in [1.82, 2.24) is 0 Å². The Morgan fingerprint density at radius 2 is 2.46 bits per heavy atom. The highest BCUT2D eigenvalue weighted by atomic mass is 32.1. The van der Waals surface area contributed by atoms with Gasteiger partial charge in [0.2, 0.25) is 0 Å². The predicted molar refractivity (Wildman–Crippen MR) is 48.5 cm³/mol. The molecule has 0 fully saturated rings. The van der Waals surface area contributed by atoms with Crippen molar-refractivity contribution in [2.24, 2.45) is 0 Å². The van der Waals surface area contributed by atoms with Gasteiger partial charge in [0, 0.05) is 11.4 Å². The molecule has 0 amide bonds. The van der Waals surface area contributed by atoms with E-state index in [-0.39, 0.29) is 11.5 Å². The fourth-order valence-corrected chi connectivity index (χ4v) is 1.39. The number of rotatable bonds is 4. The summed E-state index contributed by atoms with van der Waals surface area (Å²) in [4.78, 5) is 10.7. The van der Waals surface area contributed by atoms with Gasteiger partial charge in [-0.05, 0) is 6.92 Å². The maximum atomic E-state index is 10.5. The average Bonchev–Trinajstić information content (AvgIpc) is 2.48. The summed E-state index contributed by atoms with van der Waals surface area (Å²) in [5.41, 5.74) is 0. The zero-order valence-corrected chi connectivity index (χ0v) is 7.87. The summed E-state index contributed by atoms with van der Waals surface area (Å²) in [5, 5.41) is 19.1. The van der Waals surface area contributed by atoms with Crippen molar-refractivity contribution >= 4 is 17.3 Å². The van der Waals surface area contributed by atoms with Crippen LogP contribution in [0.2, 0.25) is 0 Å². The molecule has 0 radical (unpaired) electrons. The molecular weight excluding hydrogens is 192 g/mol. The number of thiophene rings is 1. The molecule has 1 unspecified atom stereocenters. The molecule has 4 nitrogen and oxygen atoms in total. The molecule has 13 heavy (non-hydrogen) atoms. The Morgan fingerprint density at radius 3 is 2.92 bits per heavy atom. The van der Waals surface area contributed by atoms with Gasteiger partial charge in [0.25, 0.3) is 0 Å². The van der Waals surface area contributed by atoms with Crippen molar-refractivity contribution < 1.29 is 19.7 Å². The van der Waals surface area contributed by atoms with E-state index in [4.69, 9.17) is 14.9 Å². The zero-order valence-electron chi connectivity index (χ0n) is 7.06. The zero-order chi connectivity index (χ0) is 9.84. The molecule has 1 heterocycles. The lowest BCUT2D eigenvalue weighted by molar-refractivity contribution is 0.0701. The van der Waals surface area contributed by atoms with Gasteiger partial charge in [0.15, 0.2) is 0 Å². The molecule has 0 aliphatic rings. The number of ether oxygens (including phenoxy) is 1. The lowest BCUT2D eigenvalue weighted by atomic mass is 10.4. The van der Waals surface area contributed by atoms with Crippen LogP contribution in [0.1, 0.15) is 16.6 Å². The molecule has 0 aromatic carbocycles. The van der Waals surface area contributed by atoms with E-state index < -0.39 is 12.1 Å². The monoisotopic (exact) mass is 202 g/mol. The number of carboxylic acids is 1. The summed E-state index contributed by atoms with van der Waals surface area (Å²) in [6.45, 7) is 1.78. The van der Waals surface area contributed by atoms with Gasteiger partial charge in [-0.1, -0.05) is 0 Å². The lowest BCUT2D eigenvalue weighted by Gasteiger charge is -2.04. The van der Waals surface area contributed by atoms with Crippen LogP contribution in [-0.4, -0.2) is 28.9 Å². The SMILES string of the molecule is CC(O)COc1csc(C(=O)O)c1. The van der Waals surface area contributed by atoms with Gasteiger partial charge in [-0.3, -0.25) is 0 Å². The minimum atomic E-state index is -0.961. The minimum absolute atomic E-state index is 0.176. The molecular formula is C8H10O4S. The van der Waals surface area contributed by atoms with Crippen molar-refractivity contribution in [1.29, 1.82) is 0 Å². The van der Waals surface area contributed by atoms with Crippen molar-refractivity contribution in [3.05, 3.63) is 16.3 Å². The van der Waals surface area contributed by atoms with E-state index in [0.29, 0.717) is 5.75 Å². The van der Waals surface area contributed by atoms with Crippen LogP contribution in [0.15, 0.2) is 11.4 Å². The third kappa shape index (κ3) is 3.04. The summed E-state index contributed by atoms with van der Waals surface area (Å²) in [6.07, 6.45) is -0.548. The van der Waals surface area contributed by atoms with Gasteiger partial charge in [0.05, 0.1) is 6.10 Å². The first-order valence-corrected chi connectivity index (χ1v) is 4.60. The third-order valence-electron chi connectivity index (χ3n) is 1.28. The molecule has 72 valence electrons. The molecule has 1 aromatic rings. The highest BCUT2D eigenvalue weighted by Crippen LogP contribution is 2.21. The summed E-state index contributed by atoms with van der Waals surface area (Å²) in [7, 11) is 0. The van der Waals surface area contributed by atoms with Gasteiger partial charge < -0.3 is 14.9 Å². The number of aliphatic hydroxyl groups excluding tert-OH is 1. The second kappa shape index (κ2) is 4.25. The first-order valence-electron chi connectivity index (χ1n) is 3.72. The summed E-state index contributed by atoms with van der Waals surface area (Å²) in [6, 6.07) is 1.44. The van der Waals surface area contributed by atoms with Gasteiger partial charge >= 0.3 is 5.97 Å². The van der Waals surface area contributed by atoms with E-state index in [9.17, 15) is 4.79 Å². The maximum Gasteiger partial charge on any atom is 0.346 e. The Hall–Kier alpha value is -1.07. The van der Waals surface area contributed by atoms with Crippen LogP contribution in [0.5, 0.6) is 5.75 Å². The Kier molecular flexibility index (Phi) is 3.27. The second-order valence-corrected chi connectivity index (χ2v) is 3.52. The van der Waals surface area contributed by atoms with Crippen LogP contribution < -0.4 is 4.74 Å². The highest BCUT2D eigenvalue weighted by Gasteiger charge is 2.07. The largest absolute Gasteiger partial charge is 0.490 e. The van der Waals surface area contributed by atoms with Crippen LogP contribution in [0.4, 0.5) is 0 Å². The van der Waals surface area contributed by atoms with Crippen LogP contribution in [0.25, 0.3) is 0 Å². The van der Waals surface area contributed by atoms with E-state index in [0.717, 1.165) is 11.3 Å². The number of carbonyl (C=O) groups is 1. The first-order chi connectivity index (χ1) is 6.09. The summed E-state index contributed by atoms with van der Waals surface area (Å²) >= 11 is 1.10. The Balaban J connectivity index is 2.54. The lowest BCUT2D eigenvalue weighted by Crippen LogP contribution is -2.12. The van der Waals surface area contributed by atoms with Crippen molar-refractivity contribution in [2.75, 3.05) is 6.61 Å². The third-order valence-corrected chi connectivity index (χ3v) is 2.17. The van der Waals surface area contributed by atoms with Crippen molar-refractivity contribution in [3.63, 3.8) is 0 Å². The molecule has 1 rings (SSSR count). The predicted octanol–water partition coefficient (Wildman–Crippen LogP) is 1.21. The Labute approximate surface area is 79.4 Å². The molecule has 0 bridgehead atoms. The van der Waals surface area contributed by atoms with Crippen LogP contribution >= 0.6 is 11.3 Å². The topological polar surface area (TPSA) is 66.8 Å². The maximum absolute atomic E-state index is 10.5. The minimum Gasteiger partial charge on any atom is -0.490 e. The Morgan fingerprint density at radius 1 is 1.77 bits per heavy atom. The highest BCUT2D eigenvalue weighted by molar-refractivity contribution is 7.12. The standard InChI is InChI=1S/C8H10O4S/c1-5(9)3-12-6-2-7(8(10)11)13-4-6/h2,4-5,9H,3H2,1H3,(H,10,11). The van der Waals surface area contributed by atoms with E-state index in [1.807, 2.05) is 0 Å².